The van der Waals surface area contributed by atoms with Crippen molar-refractivity contribution in [3.05, 3.63) is 36.7 Å². The van der Waals surface area contributed by atoms with Gasteiger partial charge < -0.3 is 9.47 Å². The molecule has 1 aromatic carbocycles. The first-order valence-corrected chi connectivity index (χ1v) is 10.1. The molecule has 0 spiro atoms. The molecule has 166 valence electrons. The van der Waals surface area contributed by atoms with E-state index < -0.39 is 23.4 Å². The second-order valence-electron chi connectivity index (χ2n) is 9.21. The van der Waals surface area contributed by atoms with Gasteiger partial charge in [-0.3, -0.25) is 5.10 Å². The Labute approximate surface area is 182 Å². The Morgan fingerprint density at radius 1 is 0.903 bits per heavy atom. The fourth-order valence-corrected chi connectivity index (χ4v) is 2.90. The summed E-state index contributed by atoms with van der Waals surface area (Å²) in [5.74, 6) is 0.180. The molecule has 0 atom stereocenters. The Morgan fingerprint density at radius 3 is 1.84 bits per heavy atom. The molecule has 31 heavy (non-hydrogen) atoms. The fourth-order valence-electron chi connectivity index (χ4n) is 2.90. The minimum absolute atomic E-state index is 0.180. The molecule has 2 aromatic rings. The topological polar surface area (TPSA) is 100 Å². The van der Waals surface area contributed by atoms with Gasteiger partial charge in [-0.25, -0.2) is 24.4 Å². The number of rotatable bonds is 2. The van der Waals surface area contributed by atoms with Gasteiger partial charge in [0.2, 0.25) is 5.96 Å². The predicted molar refractivity (Wildman–Crippen MR) is 117 cm³/mol. The molecule has 1 fully saturated rings. The van der Waals surface area contributed by atoms with Crippen LogP contribution >= 0.6 is 0 Å². The average molecular weight is 428 g/mol. The van der Waals surface area contributed by atoms with Gasteiger partial charge in [-0.15, -0.1) is 0 Å². The molecular weight excluding hydrogens is 398 g/mol. The van der Waals surface area contributed by atoms with Gasteiger partial charge in [-0.05, 0) is 59.2 Å². The first-order valence-electron chi connectivity index (χ1n) is 10.1. The highest BCUT2D eigenvalue weighted by Gasteiger charge is 2.39. The Kier molecular flexibility index (Phi) is 6.06. The standard InChI is InChI=1S/C22H29N5O4/c1-21(2,3)30-19(28)26-11-12-27(20(29)31-22(4,5)6)18(26)25-17-9-7-15(8-10-17)16-13-23-24-14-16/h7-10,13-14H,11-12H2,1-6H3,(H,23,24). The maximum atomic E-state index is 12.8. The summed E-state index contributed by atoms with van der Waals surface area (Å²) in [6.07, 6.45) is 2.40. The number of H-pyrrole nitrogens is 1. The van der Waals surface area contributed by atoms with Crippen molar-refractivity contribution in [2.45, 2.75) is 52.7 Å². The van der Waals surface area contributed by atoms with E-state index in [4.69, 9.17) is 9.47 Å². The Bertz CT molecular complexity index is 915. The number of hydrogen-bond donors (Lipinski definition) is 1. The van der Waals surface area contributed by atoms with Crippen molar-refractivity contribution < 1.29 is 19.1 Å². The van der Waals surface area contributed by atoms with Crippen molar-refractivity contribution in [1.82, 2.24) is 20.0 Å². The highest BCUT2D eigenvalue weighted by atomic mass is 16.6. The van der Waals surface area contributed by atoms with Gasteiger partial charge in [-0.1, -0.05) is 12.1 Å². The van der Waals surface area contributed by atoms with Gasteiger partial charge in [-0.2, -0.15) is 5.10 Å². The van der Waals surface area contributed by atoms with Crippen molar-refractivity contribution in [2.75, 3.05) is 13.1 Å². The number of benzene rings is 1. The van der Waals surface area contributed by atoms with Crippen LogP contribution in [0.25, 0.3) is 11.1 Å². The van der Waals surface area contributed by atoms with Crippen LogP contribution in [-0.4, -0.2) is 62.4 Å². The molecule has 9 nitrogen and oxygen atoms in total. The van der Waals surface area contributed by atoms with E-state index in [0.717, 1.165) is 11.1 Å². The lowest BCUT2D eigenvalue weighted by molar-refractivity contribution is 0.0375. The van der Waals surface area contributed by atoms with Crippen LogP contribution in [0.2, 0.25) is 0 Å². The van der Waals surface area contributed by atoms with Gasteiger partial charge in [0.05, 0.1) is 25.0 Å². The minimum atomic E-state index is -0.673. The molecule has 0 bridgehead atoms. The molecule has 0 saturated carbocycles. The summed E-state index contributed by atoms with van der Waals surface area (Å²) < 4.78 is 11.0. The SMILES string of the molecule is CC(C)(C)OC(=O)N1CCN(C(=O)OC(C)(C)C)C1=Nc1ccc(-c2cn[nH]c2)cc1. The lowest BCUT2D eigenvalue weighted by Gasteiger charge is -2.27. The van der Waals surface area contributed by atoms with Crippen molar-refractivity contribution in [3.8, 4) is 11.1 Å². The molecule has 1 aromatic heterocycles. The summed E-state index contributed by atoms with van der Waals surface area (Å²) in [7, 11) is 0. The molecule has 3 rings (SSSR count). The third-order valence-electron chi connectivity index (χ3n) is 4.19. The number of aromatic nitrogens is 2. The smallest absolute Gasteiger partial charge is 0.417 e. The molecule has 2 heterocycles. The summed E-state index contributed by atoms with van der Waals surface area (Å²) in [4.78, 5) is 32.8. The molecule has 2 amide bonds. The van der Waals surface area contributed by atoms with E-state index in [1.54, 1.807) is 53.9 Å². The van der Waals surface area contributed by atoms with Crippen LogP contribution in [0, 0.1) is 0 Å². The van der Waals surface area contributed by atoms with Crippen LogP contribution in [0.15, 0.2) is 41.7 Å². The molecule has 0 radical (unpaired) electrons. The summed E-state index contributed by atoms with van der Waals surface area (Å²) in [6, 6.07) is 7.42. The van der Waals surface area contributed by atoms with E-state index in [9.17, 15) is 9.59 Å². The Balaban J connectivity index is 1.91. The summed E-state index contributed by atoms with van der Waals surface area (Å²) >= 11 is 0. The third kappa shape index (κ3) is 5.84. The van der Waals surface area contributed by atoms with Crippen molar-refractivity contribution in [2.24, 2.45) is 4.99 Å². The summed E-state index contributed by atoms with van der Waals surface area (Å²) in [5.41, 5.74) is 1.16. The van der Waals surface area contributed by atoms with Gasteiger partial charge in [0.15, 0.2) is 0 Å². The zero-order valence-electron chi connectivity index (χ0n) is 18.8. The molecule has 1 saturated heterocycles. The highest BCUT2D eigenvalue weighted by Crippen LogP contribution is 2.25. The van der Waals surface area contributed by atoms with E-state index in [0.29, 0.717) is 5.69 Å². The second-order valence-corrected chi connectivity index (χ2v) is 9.21. The monoisotopic (exact) mass is 427 g/mol. The predicted octanol–water partition coefficient (Wildman–Crippen LogP) is 4.55. The van der Waals surface area contributed by atoms with Crippen LogP contribution in [0.3, 0.4) is 0 Å². The lowest BCUT2D eigenvalue weighted by atomic mass is 10.1. The number of aliphatic imine (C=N–C) groups is 1. The zero-order chi connectivity index (χ0) is 22.8. The van der Waals surface area contributed by atoms with Gasteiger partial charge in [0.1, 0.15) is 11.2 Å². The van der Waals surface area contributed by atoms with Crippen molar-refractivity contribution >= 4 is 23.8 Å². The van der Waals surface area contributed by atoms with E-state index in [1.165, 1.54) is 9.80 Å². The second kappa shape index (κ2) is 8.41. The van der Waals surface area contributed by atoms with Gasteiger partial charge in [0.25, 0.3) is 0 Å². The van der Waals surface area contributed by atoms with Gasteiger partial charge in [0, 0.05) is 11.8 Å². The van der Waals surface area contributed by atoms with E-state index in [-0.39, 0.29) is 19.0 Å². The van der Waals surface area contributed by atoms with Crippen LogP contribution in [0.4, 0.5) is 15.3 Å². The highest BCUT2D eigenvalue weighted by molar-refractivity contribution is 6.04. The van der Waals surface area contributed by atoms with Crippen molar-refractivity contribution in [1.29, 1.82) is 0 Å². The van der Waals surface area contributed by atoms with Crippen molar-refractivity contribution in [3.63, 3.8) is 0 Å². The molecular formula is C22H29N5O4. The Hall–Kier alpha value is -3.36. The Morgan fingerprint density at radius 2 is 1.42 bits per heavy atom. The maximum absolute atomic E-state index is 12.8. The number of ether oxygens (including phenoxy) is 2. The molecule has 1 N–H and O–H groups in total. The van der Waals surface area contributed by atoms with Gasteiger partial charge >= 0.3 is 12.2 Å². The molecule has 0 aliphatic carbocycles. The van der Waals surface area contributed by atoms with E-state index in [1.807, 2.05) is 24.3 Å². The number of amides is 2. The number of carbonyl (C=O) groups excluding carboxylic acids is 2. The molecule has 9 heteroatoms. The van der Waals surface area contributed by atoms with E-state index in [2.05, 4.69) is 15.2 Å². The largest absolute Gasteiger partial charge is 0.443 e. The van der Waals surface area contributed by atoms with Crippen LogP contribution < -0.4 is 0 Å². The normalized spacial score (nSPS) is 14.6. The third-order valence-corrected chi connectivity index (χ3v) is 4.19. The zero-order valence-corrected chi connectivity index (χ0v) is 18.8. The fraction of sp³-hybridized carbons (Fsp3) is 0.455. The molecule has 1 aliphatic heterocycles. The number of hydrogen-bond acceptors (Lipinski definition) is 6. The first kappa shape index (κ1) is 22.3. The van der Waals surface area contributed by atoms with Crippen LogP contribution in [0.5, 0.6) is 0 Å². The number of aromatic amines is 1. The lowest BCUT2D eigenvalue weighted by Crippen LogP contribution is -2.44. The first-order chi connectivity index (χ1) is 14.4. The molecule has 1 aliphatic rings. The number of carbonyl (C=O) groups is 2. The summed E-state index contributed by atoms with van der Waals surface area (Å²) in [6.45, 7) is 11.3. The molecule has 0 unspecified atom stereocenters. The van der Waals surface area contributed by atoms with Crippen LogP contribution in [0.1, 0.15) is 41.5 Å². The van der Waals surface area contributed by atoms with Crippen LogP contribution in [-0.2, 0) is 9.47 Å². The minimum Gasteiger partial charge on any atom is -0.443 e. The van der Waals surface area contributed by atoms with E-state index >= 15 is 0 Å². The summed E-state index contributed by atoms with van der Waals surface area (Å²) in [5, 5.41) is 6.73. The number of nitrogens with zero attached hydrogens (tertiary/aromatic N) is 4. The average Bonchev–Trinajstić information content (AvgIpc) is 3.29. The number of guanidine groups is 1. The number of nitrogens with one attached hydrogen (secondary N) is 1. The quantitative estimate of drug-likeness (QED) is 0.758. The maximum Gasteiger partial charge on any atom is 0.417 e.